The van der Waals surface area contributed by atoms with E-state index in [-0.39, 0.29) is 52.9 Å². The van der Waals surface area contributed by atoms with E-state index in [4.69, 9.17) is 27.9 Å². The van der Waals surface area contributed by atoms with Crippen LogP contribution in [0, 0.1) is 11.6 Å². The van der Waals surface area contributed by atoms with E-state index < -0.39 is 27.9 Å². The van der Waals surface area contributed by atoms with Crippen LogP contribution in [0.2, 0.25) is 10.0 Å². The Labute approximate surface area is 257 Å². The summed E-state index contributed by atoms with van der Waals surface area (Å²) in [4.78, 5) is 51.1. The number of carbonyl (C=O) groups is 1. The van der Waals surface area contributed by atoms with Crippen LogP contribution in [0.1, 0.15) is 27.3 Å². The molecule has 0 N–H and O–H groups in total. The van der Waals surface area contributed by atoms with Crippen molar-refractivity contribution in [1.82, 2.24) is 33.8 Å². The minimum absolute atomic E-state index is 0.0582. The highest BCUT2D eigenvalue weighted by Crippen LogP contribution is 2.37. The zero-order valence-electron chi connectivity index (χ0n) is 23.6. The number of hydrogen-bond donors (Lipinski definition) is 0. The molecule has 0 saturated carbocycles. The van der Waals surface area contributed by atoms with Gasteiger partial charge in [-0.2, -0.15) is 5.10 Å². The molecule has 11 nitrogen and oxygen atoms in total. The minimum Gasteiger partial charge on any atom is -0.480 e. The van der Waals surface area contributed by atoms with Gasteiger partial charge >= 0.3 is 5.69 Å². The Hall–Kier alpha value is -4.62. The van der Waals surface area contributed by atoms with Crippen molar-refractivity contribution in [3.05, 3.63) is 102 Å². The normalized spacial score (nSPS) is 13.1. The van der Waals surface area contributed by atoms with Crippen molar-refractivity contribution in [2.24, 2.45) is 7.05 Å². The summed E-state index contributed by atoms with van der Waals surface area (Å²) in [5.41, 5.74) is 0.520. The molecule has 44 heavy (non-hydrogen) atoms. The van der Waals surface area contributed by atoms with Crippen LogP contribution in [0.25, 0.3) is 22.2 Å². The number of pyridine rings is 1. The summed E-state index contributed by atoms with van der Waals surface area (Å²) in [7, 11) is 4.66. The number of hydrogen-bond acceptors (Lipinski definition) is 7. The molecule has 0 fully saturated rings. The monoisotopic (exact) mass is 641 g/mol. The average Bonchev–Trinajstić information content (AvgIpc) is 3.41. The Morgan fingerprint density at radius 1 is 1.00 bits per heavy atom. The van der Waals surface area contributed by atoms with Crippen molar-refractivity contribution in [3.8, 4) is 17.1 Å². The second kappa shape index (κ2) is 11.1. The van der Waals surface area contributed by atoms with Gasteiger partial charge in [0.25, 0.3) is 11.5 Å². The first kappa shape index (κ1) is 29.5. The molecule has 0 unspecified atom stereocenters. The van der Waals surface area contributed by atoms with Gasteiger partial charge in [-0.1, -0.05) is 23.2 Å². The number of aromatic nitrogens is 6. The molecular weight excluding hydrogens is 619 g/mol. The van der Waals surface area contributed by atoms with E-state index in [2.05, 4.69) is 15.1 Å². The van der Waals surface area contributed by atoms with E-state index in [1.165, 1.54) is 34.8 Å². The first-order valence-corrected chi connectivity index (χ1v) is 14.0. The van der Waals surface area contributed by atoms with E-state index >= 15 is 0 Å². The predicted octanol–water partition coefficient (Wildman–Crippen LogP) is 3.67. The number of methoxy groups -OCH3 is 1. The van der Waals surface area contributed by atoms with E-state index in [0.29, 0.717) is 34.7 Å². The molecule has 0 radical (unpaired) electrons. The molecule has 0 saturated heterocycles. The molecule has 0 atom stereocenters. The largest absolute Gasteiger partial charge is 0.480 e. The number of nitrogens with zero attached hydrogens (tertiary/aromatic N) is 7. The molecule has 0 spiro atoms. The van der Waals surface area contributed by atoms with Crippen molar-refractivity contribution in [2.75, 3.05) is 20.7 Å². The molecule has 0 bridgehead atoms. The maximum atomic E-state index is 14.4. The molecule has 1 aliphatic heterocycles. The van der Waals surface area contributed by atoms with Crippen LogP contribution in [0.4, 0.5) is 8.78 Å². The van der Waals surface area contributed by atoms with Gasteiger partial charge in [0, 0.05) is 31.8 Å². The first-order chi connectivity index (χ1) is 21.0. The van der Waals surface area contributed by atoms with Crippen LogP contribution >= 0.6 is 23.2 Å². The van der Waals surface area contributed by atoms with Crippen LogP contribution in [0.15, 0.2) is 46.2 Å². The van der Waals surface area contributed by atoms with Crippen molar-refractivity contribution < 1.29 is 18.3 Å². The summed E-state index contributed by atoms with van der Waals surface area (Å²) < 4.78 is 37.5. The van der Waals surface area contributed by atoms with Crippen LogP contribution in [-0.4, -0.2) is 60.4 Å². The lowest BCUT2D eigenvalue weighted by Crippen LogP contribution is -2.41. The van der Waals surface area contributed by atoms with Gasteiger partial charge in [0.15, 0.2) is 17.5 Å². The first-order valence-electron chi connectivity index (χ1n) is 13.3. The summed E-state index contributed by atoms with van der Waals surface area (Å²) in [5, 5.41) is 3.94. The molecule has 1 aliphatic rings. The van der Waals surface area contributed by atoms with Crippen molar-refractivity contribution in [1.29, 1.82) is 0 Å². The second-order valence-corrected chi connectivity index (χ2v) is 11.1. The Morgan fingerprint density at radius 2 is 1.77 bits per heavy atom. The van der Waals surface area contributed by atoms with E-state index in [0.717, 1.165) is 10.6 Å². The number of aryl methyl sites for hydroxylation is 1. The third-order valence-corrected chi connectivity index (χ3v) is 8.08. The van der Waals surface area contributed by atoms with Gasteiger partial charge in [-0.15, -0.1) is 0 Å². The summed E-state index contributed by atoms with van der Waals surface area (Å²) >= 11 is 12.6. The molecule has 2 aromatic carbocycles. The van der Waals surface area contributed by atoms with E-state index in [1.807, 2.05) is 0 Å². The molecular formula is C29H23Cl2F2N7O4. The van der Waals surface area contributed by atoms with Gasteiger partial charge in [0.1, 0.15) is 11.7 Å². The molecule has 0 aliphatic carbocycles. The number of rotatable bonds is 6. The Balaban J connectivity index is 1.66. The van der Waals surface area contributed by atoms with Gasteiger partial charge in [-0.3, -0.25) is 23.4 Å². The fourth-order valence-electron chi connectivity index (χ4n) is 5.38. The van der Waals surface area contributed by atoms with E-state index in [9.17, 15) is 23.2 Å². The SMILES string of the molecule is COc1nc(-c2c(Cl)ccc3c2CCN(C)C3=O)cc2c1c(=O)n(Cc1ncn(C)n1)c(=O)n2Cc1cc(F)c(F)c(Cl)c1. The van der Waals surface area contributed by atoms with Crippen molar-refractivity contribution in [2.45, 2.75) is 19.5 Å². The molecule has 4 heterocycles. The van der Waals surface area contributed by atoms with Crippen LogP contribution in [-0.2, 0) is 26.6 Å². The average molecular weight is 642 g/mol. The van der Waals surface area contributed by atoms with Crippen LogP contribution in [0.5, 0.6) is 5.88 Å². The summed E-state index contributed by atoms with van der Waals surface area (Å²) in [6.07, 6.45) is 1.90. The molecule has 15 heteroatoms. The highest BCUT2D eigenvalue weighted by Gasteiger charge is 2.28. The van der Waals surface area contributed by atoms with Crippen LogP contribution < -0.4 is 16.0 Å². The minimum atomic E-state index is -1.23. The number of likely N-dealkylation sites (N-methyl/N-ethyl adjacent to an activating group) is 1. The standard InChI is InChI=1S/C29H23Cl2F2N7O4/c1-37-7-6-15-16(27(37)41)4-5-17(30)23(15)20-10-21-24(26(35-20)44-3)28(42)40(12-22-34-13-38(2)36-22)29(43)39(21)11-14-8-18(31)25(33)19(32)9-14/h4-5,8-10,13H,6-7,11-12H2,1-3H3. The molecule has 6 rings (SSSR count). The highest BCUT2D eigenvalue weighted by atomic mass is 35.5. The fourth-order valence-corrected chi connectivity index (χ4v) is 5.89. The number of halogens is 4. The molecule has 3 aromatic heterocycles. The Morgan fingerprint density at radius 3 is 2.45 bits per heavy atom. The van der Waals surface area contributed by atoms with E-state index in [1.54, 1.807) is 31.1 Å². The lowest BCUT2D eigenvalue weighted by atomic mass is 9.92. The molecule has 226 valence electrons. The third kappa shape index (κ3) is 4.91. The van der Waals surface area contributed by atoms with Gasteiger partial charge in [0.05, 0.1) is 41.5 Å². The van der Waals surface area contributed by atoms with Crippen molar-refractivity contribution >= 4 is 40.0 Å². The number of carbonyl (C=O) groups excluding carboxylic acids is 1. The van der Waals surface area contributed by atoms with Gasteiger partial charge < -0.3 is 9.64 Å². The molecule has 5 aromatic rings. The highest BCUT2D eigenvalue weighted by molar-refractivity contribution is 6.33. The lowest BCUT2D eigenvalue weighted by molar-refractivity contribution is 0.0781. The summed E-state index contributed by atoms with van der Waals surface area (Å²) in [6.45, 7) is -0.151. The quantitative estimate of drug-likeness (QED) is 0.260. The maximum absolute atomic E-state index is 14.4. The summed E-state index contributed by atoms with van der Waals surface area (Å²) in [6, 6.07) is 6.83. The fraction of sp³-hybridized carbons (Fsp3) is 0.241. The Bertz CT molecular complexity index is 2100. The summed E-state index contributed by atoms with van der Waals surface area (Å²) in [5.74, 6) is -2.54. The lowest BCUT2D eigenvalue weighted by Gasteiger charge is -2.27. The zero-order valence-corrected chi connectivity index (χ0v) is 25.1. The zero-order chi connectivity index (χ0) is 31.4. The number of fused-ring (bicyclic) bond motifs is 2. The number of benzene rings is 2. The third-order valence-electron chi connectivity index (χ3n) is 7.49. The van der Waals surface area contributed by atoms with Gasteiger partial charge in [-0.05, 0) is 47.9 Å². The topological polar surface area (TPSA) is 117 Å². The maximum Gasteiger partial charge on any atom is 0.332 e. The Kier molecular flexibility index (Phi) is 7.46. The second-order valence-electron chi connectivity index (χ2n) is 10.3. The number of ether oxygens (including phenoxy) is 1. The smallest absolute Gasteiger partial charge is 0.332 e. The molecule has 1 amide bonds. The predicted molar refractivity (Wildman–Crippen MR) is 159 cm³/mol. The van der Waals surface area contributed by atoms with Gasteiger partial charge in [0.2, 0.25) is 5.88 Å². The van der Waals surface area contributed by atoms with Crippen molar-refractivity contribution in [3.63, 3.8) is 0 Å². The van der Waals surface area contributed by atoms with Crippen LogP contribution in [0.3, 0.4) is 0 Å². The number of amides is 1. The van der Waals surface area contributed by atoms with Gasteiger partial charge in [-0.25, -0.2) is 23.5 Å².